The largest absolute Gasteiger partial charge is 0.390 e. The second-order valence-electron chi connectivity index (χ2n) is 2.70. The topological polar surface area (TPSA) is 29.5 Å². The zero-order valence-electron chi connectivity index (χ0n) is 6.73. The van der Waals surface area contributed by atoms with E-state index in [0.29, 0.717) is 13.0 Å². The molecule has 62 valence electrons. The van der Waals surface area contributed by atoms with Crippen LogP contribution in [0.3, 0.4) is 0 Å². The van der Waals surface area contributed by atoms with E-state index in [9.17, 15) is 5.11 Å². The zero-order valence-corrected chi connectivity index (χ0v) is 6.73. The summed E-state index contributed by atoms with van der Waals surface area (Å²) < 4.78 is 5.30. The van der Waals surface area contributed by atoms with Crippen LogP contribution < -0.4 is 0 Å². The van der Waals surface area contributed by atoms with Gasteiger partial charge in [-0.3, -0.25) is 0 Å². The maximum Gasteiger partial charge on any atom is 0.0833 e. The molecule has 11 heavy (non-hydrogen) atoms. The Morgan fingerprint density at radius 1 is 1.36 bits per heavy atom. The lowest BCUT2D eigenvalue weighted by Crippen LogP contribution is -2.25. The molecule has 0 radical (unpaired) electrons. The van der Waals surface area contributed by atoms with Crippen LogP contribution in [0.25, 0.3) is 0 Å². The average molecular weight is 154 g/mol. The van der Waals surface area contributed by atoms with Crippen molar-refractivity contribution in [3.05, 3.63) is 24.3 Å². The highest BCUT2D eigenvalue weighted by molar-refractivity contribution is 5.04. The Balaban J connectivity index is 2.49. The standard InChI is InChI=1S/C9H14O2/c1-8-9(10)6-4-2-3-5-7-11-8/h2-5,8-10H,6-7H2,1H3/b4-2-,5-3-/t8-,9+/m0/s1. The van der Waals surface area contributed by atoms with Crippen molar-refractivity contribution in [3.63, 3.8) is 0 Å². The van der Waals surface area contributed by atoms with Gasteiger partial charge in [-0.2, -0.15) is 0 Å². The predicted molar refractivity (Wildman–Crippen MR) is 44.3 cm³/mol. The Morgan fingerprint density at radius 3 is 2.91 bits per heavy atom. The zero-order chi connectivity index (χ0) is 8.10. The van der Waals surface area contributed by atoms with E-state index >= 15 is 0 Å². The van der Waals surface area contributed by atoms with Crippen molar-refractivity contribution in [1.82, 2.24) is 0 Å². The number of rotatable bonds is 0. The minimum atomic E-state index is -0.369. The third kappa shape index (κ3) is 2.87. The first-order valence-electron chi connectivity index (χ1n) is 3.92. The minimum absolute atomic E-state index is 0.0672. The molecule has 0 unspecified atom stereocenters. The summed E-state index contributed by atoms with van der Waals surface area (Å²) in [4.78, 5) is 0. The monoisotopic (exact) mass is 154 g/mol. The van der Waals surface area contributed by atoms with E-state index < -0.39 is 0 Å². The van der Waals surface area contributed by atoms with Crippen molar-refractivity contribution >= 4 is 0 Å². The molecular formula is C9H14O2. The van der Waals surface area contributed by atoms with Crippen LogP contribution in [-0.4, -0.2) is 23.9 Å². The molecule has 0 saturated heterocycles. The van der Waals surface area contributed by atoms with E-state index in [1.807, 2.05) is 31.2 Å². The van der Waals surface area contributed by atoms with Crippen molar-refractivity contribution in [2.24, 2.45) is 0 Å². The van der Waals surface area contributed by atoms with Crippen LogP contribution in [0.15, 0.2) is 24.3 Å². The molecule has 2 nitrogen and oxygen atoms in total. The van der Waals surface area contributed by atoms with Gasteiger partial charge in [0.1, 0.15) is 0 Å². The third-order valence-corrected chi connectivity index (χ3v) is 1.76. The van der Waals surface area contributed by atoms with E-state index in [4.69, 9.17) is 4.74 Å². The van der Waals surface area contributed by atoms with E-state index in [1.54, 1.807) is 0 Å². The van der Waals surface area contributed by atoms with Crippen molar-refractivity contribution in [2.75, 3.05) is 6.61 Å². The number of hydrogen-bond acceptors (Lipinski definition) is 2. The quantitative estimate of drug-likeness (QED) is 0.569. The lowest BCUT2D eigenvalue weighted by Gasteiger charge is -2.16. The molecule has 0 aromatic heterocycles. The summed E-state index contributed by atoms with van der Waals surface area (Å²) in [6.07, 6.45) is 7.99. The van der Waals surface area contributed by atoms with E-state index in [-0.39, 0.29) is 12.2 Å². The first-order valence-corrected chi connectivity index (χ1v) is 3.92. The van der Waals surface area contributed by atoms with Crippen LogP contribution in [0, 0.1) is 0 Å². The molecule has 0 bridgehead atoms. The first kappa shape index (κ1) is 8.50. The molecule has 1 aliphatic rings. The van der Waals surface area contributed by atoms with Crippen molar-refractivity contribution < 1.29 is 9.84 Å². The number of hydrogen-bond donors (Lipinski definition) is 1. The molecule has 0 fully saturated rings. The molecule has 0 aliphatic carbocycles. The third-order valence-electron chi connectivity index (χ3n) is 1.76. The fourth-order valence-electron chi connectivity index (χ4n) is 0.941. The molecule has 1 N–H and O–H groups in total. The molecule has 2 atom stereocenters. The summed E-state index contributed by atoms with van der Waals surface area (Å²) in [5.74, 6) is 0. The van der Waals surface area contributed by atoms with Gasteiger partial charge in [-0.25, -0.2) is 0 Å². The Morgan fingerprint density at radius 2 is 2.09 bits per heavy atom. The van der Waals surface area contributed by atoms with Crippen LogP contribution in [0.2, 0.25) is 0 Å². The smallest absolute Gasteiger partial charge is 0.0833 e. The molecule has 1 rings (SSSR count). The van der Waals surface area contributed by atoms with Gasteiger partial charge in [0.05, 0.1) is 18.8 Å². The van der Waals surface area contributed by atoms with Gasteiger partial charge < -0.3 is 9.84 Å². The van der Waals surface area contributed by atoms with Crippen LogP contribution in [-0.2, 0) is 4.74 Å². The van der Waals surface area contributed by atoms with Crippen molar-refractivity contribution in [2.45, 2.75) is 25.6 Å². The second-order valence-corrected chi connectivity index (χ2v) is 2.70. The van der Waals surface area contributed by atoms with Gasteiger partial charge in [-0.1, -0.05) is 24.3 Å². The van der Waals surface area contributed by atoms with Gasteiger partial charge in [0.25, 0.3) is 0 Å². The highest BCUT2D eigenvalue weighted by Gasteiger charge is 2.12. The molecular weight excluding hydrogens is 140 g/mol. The lowest BCUT2D eigenvalue weighted by molar-refractivity contribution is -0.0131. The SMILES string of the molecule is C[C@@H]1OC/C=C\C=C/C[C@H]1O. The fourth-order valence-corrected chi connectivity index (χ4v) is 0.941. The molecule has 0 spiro atoms. The van der Waals surface area contributed by atoms with Gasteiger partial charge in [0.2, 0.25) is 0 Å². The molecule has 2 heteroatoms. The van der Waals surface area contributed by atoms with Gasteiger partial charge in [0, 0.05) is 0 Å². The van der Waals surface area contributed by atoms with Gasteiger partial charge >= 0.3 is 0 Å². The fraction of sp³-hybridized carbons (Fsp3) is 0.556. The van der Waals surface area contributed by atoms with E-state index in [0.717, 1.165) is 0 Å². The molecule has 1 aliphatic heterocycles. The number of aliphatic hydroxyl groups is 1. The Kier molecular flexibility index (Phi) is 3.33. The summed E-state index contributed by atoms with van der Waals surface area (Å²) in [6.45, 7) is 2.47. The molecule has 0 saturated carbocycles. The van der Waals surface area contributed by atoms with Gasteiger partial charge in [-0.15, -0.1) is 0 Å². The maximum absolute atomic E-state index is 9.40. The number of allylic oxidation sites excluding steroid dienone is 2. The summed E-state index contributed by atoms with van der Waals surface area (Å²) in [6, 6.07) is 0. The second kappa shape index (κ2) is 4.31. The minimum Gasteiger partial charge on any atom is -0.390 e. The van der Waals surface area contributed by atoms with Crippen LogP contribution in [0.5, 0.6) is 0 Å². The average Bonchev–Trinajstić information content (AvgIpc) is 2.07. The summed E-state index contributed by atoms with van der Waals surface area (Å²) in [7, 11) is 0. The van der Waals surface area contributed by atoms with Crippen LogP contribution >= 0.6 is 0 Å². The molecule has 0 aromatic carbocycles. The lowest BCUT2D eigenvalue weighted by atomic mass is 10.1. The summed E-state index contributed by atoms with van der Waals surface area (Å²) in [5, 5.41) is 9.40. The summed E-state index contributed by atoms with van der Waals surface area (Å²) >= 11 is 0. The molecule has 1 heterocycles. The first-order chi connectivity index (χ1) is 5.30. The van der Waals surface area contributed by atoms with Gasteiger partial charge in [0.15, 0.2) is 0 Å². The maximum atomic E-state index is 9.40. The van der Waals surface area contributed by atoms with Crippen molar-refractivity contribution in [1.29, 1.82) is 0 Å². The van der Waals surface area contributed by atoms with Crippen LogP contribution in [0.4, 0.5) is 0 Å². The highest BCUT2D eigenvalue weighted by atomic mass is 16.5. The van der Waals surface area contributed by atoms with Gasteiger partial charge in [-0.05, 0) is 13.3 Å². The predicted octanol–water partition coefficient (Wildman–Crippen LogP) is 1.27. The van der Waals surface area contributed by atoms with E-state index in [2.05, 4.69) is 0 Å². The number of ether oxygens (including phenoxy) is 1. The van der Waals surface area contributed by atoms with Crippen molar-refractivity contribution in [3.8, 4) is 0 Å². The Bertz CT molecular complexity index is 161. The normalized spacial score (nSPS) is 38.4. The summed E-state index contributed by atoms with van der Waals surface area (Å²) in [5.41, 5.74) is 0. The molecule has 0 amide bonds. The Labute approximate surface area is 67.2 Å². The molecule has 0 aromatic rings. The Hall–Kier alpha value is -0.600. The number of aliphatic hydroxyl groups excluding tert-OH is 1. The highest BCUT2D eigenvalue weighted by Crippen LogP contribution is 2.05. The van der Waals surface area contributed by atoms with Crippen LogP contribution in [0.1, 0.15) is 13.3 Å². The van der Waals surface area contributed by atoms with E-state index in [1.165, 1.54) is 0 Å².